The number of hydrogen-bond donors (Lipinski definition) is 2. The number of nitrogens with zero attached hydrogens (tertiary/aromatic N) is 1. The average molecular weight is 470 g/mol. The van der Waals surface area contributed by atoms with Crippen LogP contribution >= 0.6 is 11.6 Å². The molecule has 0 bridgehead atoms. The second kappa shape index (κ2) is 11.1. The average Bonchev–Trinajstić information content (AvgIpc) is 2.80. The highest BCUT2D eigenvalue weighted by Gasteiger charge is 2.15. The predicted molar refractivity (Wildman–Crippen MR) is 124 cm³/mol. The lowest BCUT2D eigenvalue weighted by Gasteiger charge is -2.14. The van der Waals surface area contributed by atoms with Crippen LogP contribution < -0.4 is 20.2 Å². The lowest BCUT2D eigenvalue weighted by atomic mass is 10.2. The summed E-state index contributed by atoms with van der Waals surface area (Å²) in [5.74, 6) is -1.68. The molecular formula is C24H21ClFN3O4. The number of halogens is 2. The molecule has 2 N–H and O–H groups in total. The number of para-hydroxylation sites is 1. The van der Waals surface area contributed by atoms with E-state index in [9.17, 15) is 14.0 Å². The lowest BCUT2D eigenvalue weighted by Crippen LogP contribution is -2.32. The van der Waals surface area contributed by atoms with Gasteiger partial charge in [-0.1, -0.05) is 41.4 Å². The number of carbonyl (C=O) groups excluding carboxylic acids is 2. The zero-order valence-electron chi connectivity index (χ0n) is 17.9. The van der Waals surface area contributed by atoms with Crippen LogP contribution in [0.15, 0.2) is 65.8 Å². The highest BCUT2D eigenvalue weighted by atomic mass is 35.5. The molecule has 0 saturated heterocycles. The Labute approximate surface area is 195 Å². The largest absolute Gasteiger partial charge is 0.493 e. The van der Waals surface area contributed by atoms with Gasteiger partial charge in [0.25, 0.3) is 0 Å². The molecule has 2 amide bonds. The minimum atomic E-state index is -0.949. The molecule has 9 heteroatoms. The summed E-state index contributed by atoms with van der Waals surface area (Å²) in [6.07, 6.45) is 1.29. The van der Waals surface area contributed by atoms with E-state index in [1.165, 1.54) is 25.5 Å². The van der Waals surface area contributed by atoms with Crippen molar-refractivity contribution in [1.82, 2.24) is 5.43 Å². The third-order valence-corrected chi connectivity index (χ3v) is 4.89. The SMILES string of the molecule is COc1cccc(/C=N\NC(=O)C(=O)Nc2ccc(C)cc2)c1OCc1c(F)cccc1Cl. The van der Waals surface area contributed by atoms with E-state index in [0.29, 0.717) is 17.0 Å². The number of hydrazone groups is 1. The predicted octanol–water partition coefficient (Wildman–Crippen LogP) is 4.46. The van der Waals surface area contributed by atoms with Gasteiger partial charge >= 0.3 is 11.8 Å². The van der Waals surface area contributed by atoms with Crippen LogP contribution in [0, 0.1) is 12.7 Å². The Kier molecular flexibility index (Phi) is 7.99. The summed E-state index contributed by atoms with van der Waals surface area (Å²) in [6, 6.07) is 16.3. The maximum Gasteiger partial charge on any atom is 0.329 e. The first-order valence-corrected chi connectivity index (χ1v) is 10.2. The molecule has 3 aromatic rings. The van der Waals surface area contributed by atoms with Crippen molar-refractivity contribution < 1.29 is 23.5 Å². The summed E-state index contributed by atoms with van der Waals surface area (Å²) in [4.78, 5) is 24.1. The third-order valence-electron chi connectivity index (χ3n) is 4.54. The van der Waals surface area contributed by atoms with E-state index in [1.54, 1.807) is 36.4 Å². The van der Waals surface area contributed by atoms with Gasteiger partial charge in [-0.25, -0.2) is 9.82 Å². The number of carbonyl (C=O) groups is 2. The number of nitrogens with one attached hydrogen (secondary N) is 2. The number of amides is 2. The molecule has 7 nitrogen and oxygen atoms in total. The highest BCUT2D eigenvalue weighted by molar-refractivity contribution is 6.39. The van der Waals surface area contributed by atoms with Crippen molar-refractivity contribution in [3.05, 3.63) is 88.2 Å². The van der Waals surface area contributed by atoms with Crippen molar-refractivity contribution in [1.29, 1.82) is 0 Å². The van der Waals surface area contributed by atoms with Crippen LogP contribution in [-0.4, -0.2) is 25.1 Å². The third kappa shape index (κ3) is 6.30. The van der Waals surface area contributed by atoms with Gasteiger partial charge in [-0.3, -0.25) is 9.59 Å². The van der Waals surface area contributed by atoms with Gasteiger partial charge in [0, 0.05) is 16.8 Å². The standard InChI is InChI=1S/C24H21ClFN3O4/c1-15-9-11-17(12-10-15)28-23(30)24(31)29-27-13-16-5-3-8-21(32-2)22(16)33-14-18-19(25)6-4-7-20(18)26/h3-13H,14H2,1-2H3,(H,28,30)(H,29,31)/b27-13-. The van der Waals surface area contributed by atoms with Crippen molar-refractivity contribution >= 4 is 35.3 Å². The van der Waals surface area contributed by atoms with E-state index in [2.05, 4.69) is 15.8 Å². The minimum absolute atomic E-state index is 0.155. The number of ether oxygens (including phenoxy) is 2. The van der Waals surface area contributed by atoms with Crippen LogP contribution in [0.1, 0.15) is 16.7 Å². The maximum absolute atomic E-state index is 14.1. The molecule has 0 aliphatic rings. The van der Waals surface area contributed by atoms with E-state index in [0.717, 1.165) is 5.56 Å². The Hall–Kier alpha value is -3.91. The van der Waals surface area contributed by atoms with Gasteiger partial charge in [-0.2, -0.15) is 5.10 Å². The molecule has 0 unspecified atom stereocenters. The van der Waals surface area contributed by atoms with Crippen LogP contribution in [0.5, 0.6) is 11.5 Å². The smallest absolute Gasteiger partial charge is 0.329 e. The number of anilines is 1. The van der Waals surface area contributed by atoms with Gasteiger partial charge in [-0.15, -0.1) is 0 Å². The first-order valence-electron chi connectivity index (χ1n) is 9.82. The first kappa shape index (κ1) is 23.7. The molecule has 0 spiro atoms. The molecule has 3 aromatic carbocycles. The number of rotatable bonds is 7. The Morgan fingerprint density at radius 1 is 1.06 bits per heavy atom. The number of benzene rings is 3. The van der Waals surface area contributed by atoms with Gasteiger partial charge in [0.2, 0.25) is 0 Å². The van der Waals surface area contributed by atoms with E-state index in [1.807, 2.05) is 19.1 Å². The van der Waals surface area contributed by atoms with Crippen molar-refractivity contribution in [2.75, 3.05) is 12.4 Å². The molecule has 0 atom stereocenters. The summed E-state index contributed by atoms with van der Waals surface area (Å²) < 4.78 is 25.2. The number of methoxy groups -OCH3 is 1. The fourth-order valence-electron chi connectivity index (χ4n) is 2.80. The Balaban J connectivity index is 1.69. The van der Waals surface area contributed by atoms with Crippen molar-refractivity contribution in [2.24, 2.45) is 5.10 Å². The van der Waals surface area contributed by atoms with E-state index in [-0.39, 0.29) is 22.9 Å². The zero-order valence-corrected chi connectivity index (χ0v) is 18.7. The van der Waals surface area contributed by atoms with Crippen LogP contribution in [0.4, 0.5) is 10.1 Å². The van der Waals surface area contributed by atoms with E-state index < -0.39 is 17.6 Å². The second-order valence-corrected chi connectivity index (χ2v) is 7.29. The monoisotopic (exact) mass is 469 g/mol. The van der Waals surface area contributed by atoms with Gasteiger partial charge < -0.3 is 14.8 Å². The summed E-state index contributed by atoms with van der Waals surface area (Å²) in [5.41, 5.74) is 4.29. The summed E-state index contributed by atoms with van der Waals surface area (Å²) in [7, 11) is 1.45. The first-order chi connectivity index (χ1) is 15.9. The van der Waals surface area contributed by atoms with Crippen LogP contribution in [0.2, 0.25) is 5.02 Å². The normalized spacial score (nSPS) is 10.7. The molecule has 170 valence electrons. The fourth-order valence-corrected chi connectivity index (χ4v) is 3.02. The molecule has 0 aliphatic carbocycles. The molecule has 33 heavy (non-hydrogen) atoms. The number of hydrogen-bond acceptors (Lipinski definition) is 5. The molecule has 0 radical (unpaired) electrons. The summed E-state index contributed by atoms with van der Waals surface area (Å²) >= 11 is 6.06. The van der Waals surface area contributed by atoms with E-state index in [4.69, 9.17) is 21.1 Å². The van der Waals surface area contributed by atoms with E-state index >= 15 is 0 Å². The Bertz CT molecular complexity index is 1160. The molecule has 0 heterocycles. The molecule has 0 aliphatic heterocycles. The fraction of sp³-hybridized carbons (Fsp3) is 0.125. The topological polar surface area (TPSA) is 89.0 Å². The zero-order chi connectivity index (χ0) is 23.8. The van der Waals surface area contributed by atoms with Gasteiger partial charge in [0.05, 0.1) is 18.3 Å². The van der Waals surface area contributed by atoms with Crippen molar-refractivity contribution in [3.63, 3.8) is 0 Å². The lowest BCUT2D eigenvalue weighted by molar-refractivity contribution is -0.136. The minimum Gasteiger partial charge on any atom is -0.493 e. The Morgan fingerprint density at radius 3 is 2.48 bits per heavy atom. The number of aryl methyl sites for hydroxylation is 1. The van der Waals surface area contributed by atoms with Crippen molar-refractivity contribution in [2.45, 2.75) is 13.5 Å². The highest BCUT2D eigenvalue weighted by Crippen LogP contribution is 2.32. The summed E-state index contributed by atoms with van der Waals surface area (Å²) in [5, 5.41) is 6.53. The van der Waals surface area contributed by atoms with Crippen LogP contribution in [0.3, 0.4) is 0 Å². The maximum atomic E-state index is 14.1. The molecular weight excluding hydrogens is 449 g/mol. The summed E-state index contributed by atoms with van der Waals surface area (Å²) in [6.45, 7) is 1.76. The van der Waals surface area contributed by atoms with Gasteiger partial charge in [0.1, 0.15) is 12.4 Å². The Morgan fingerprint density at radius 2 is 1.79 bits per heavy atom. The molecule has 3 rings (SSSR count). The van der Waals surface area contributed by atoms with Gasteiger partial charge in [0.15, 0.2) is 11.5 Å². The molecule has 0 aromatic heterocycles. The van der Waals surface area contributed by atoms with Crippen LogP contribution in [0.25, 0.3) is 0 Å². The second-order valence-electron chi connectivity index (χ2n) is 6.89. The quantitative estimate of drug-likeness (QED) is 0.303. The van der Waals surface area contributed by atoms with Gasteiger partial charge in [-0.05, 0) is 43.3 Å². The molecule has 0 fully saturated rings. The van der Waals surface area contributed by atoms with Crippen LogP contribution in [-0.2, 0) is 16.2 Å². The molecule has 0 saturated carbocycles. The van der Waals surface area contributed by atoms with Crippen molar-refractivity contribution in [3.8, 4) is 11.5 Å².